The van der Waals surface area contributed by atoms with Gasteiger partial charge in [0.1, 0.15) is 5.75 Å². The molecule has 4 aromatic rings. The van der Waals surface area contributed by atoms with E-state index >= 15 is 0 Å². The van der Waals surface area contributed by atoms with Crippen molar-refractivity contribution >= 4 is 33.9 Å². The van der Waals surface area contributed by atoms with Crippen LogP contribution in [0.15, 0.2) is 91.1 Å². The van der Waals surface area contributed by atoms with E-state index in [0.29, 0.717) is 6.61 Å². The molecular formula is C24H21N3O2. The van der Waals surface area contributed by atoms with Crippen LogP contribution in [0.5, 0.6) is 5.75 Å². The molecule has 0 saturated heterocycles. The molecule has 0 radical (unpaired) electrons. The van der Waals surface area contributed by atoms with Crippen LogP contribution in [-0.4, -0.2) is 17.5 Å². The third kappa shape index (κ3) is 4.90. The lowest BCUT2D eigenvalue weighted by molar-refractivity contribution is -0.116. The Labute approximate surface area is 169 Å². The molecule has 4 rings (SSSR count). The molecule has 29 heavy (non-hydrogen) atoms. The van der Waals surface area contributed by atoms with Gasteiger partial charge in [-0.1, -0.05) is 36.4 Å². The zero-order chi connectivity index (χ0) is 19.9. The third-order valence-electron chi connectivity index (χ3n) is 4.42. The molecule has 2 N–H and O–H groups in total. The van der Waals surface area contributed by atoms with E-state index in [4.69, 9.17) is 4.74 Å². The zero-order valence-electron chi connectivity index (χ0n) is 15.8. The summed E-state index contributed by atoms with van der Waals surface area (Å²) in [6, 6.07) is 27.1. The standard InChI is InChI=1S/C24H21N3O2/c28-23(15-17-29-21-8-2-1-3-9-21)27-20-13-11-19(12-14-20)26-22-10-4-6-18-7-5-16-25-24(18)22/h1-14,16,26H,15,17H2,(H,27,28). The average molecular weight is 383 g/mol. The minimum Gasteiger partial charge on any atom is -0.493 e. The van der Waals surface area contributed by atoms with Crippen molar-refractivity contribution < 1.29 is 9.53 Å². The Bertz CT molecular complexity index is 1090. The second-order valence-corrected chi connectivity index (χ2v) is 6.54. The van der Waals surface area contributed by atoms with Gasteiger partial charge in [-0.25, -0.2) is 0 Å². The minimum atomic E-state index is -0.0834. The molecule has 3 aromatic carbocycles. The Balaban J connectivity index is 1.32. The number of rotatable bonds is 7. The summed E-state index contributed by atoms with van der Waals surface area (Å²) < 4.78 is 5.56. The molecule has 0 aliphatic carbocycles. The number of carbonyl (C=O) groups is 1. The molecule has 1 heterocycles. The van der Waals surface area contributed by atoms with Crippen molar-refractivity contribution in [2.45, 2.75) is 6.42 Å². The molecular weight excluding hydrogens is 362 g/mol. The van der Waals surface area contributed by atoms with Crippen LogP contribution in [0, 0.1) is 0 Å². The zero-order valence-corrected chi connectivity index (χ0v) is 15.8. The van der Waals surface area contributed by atoms with Gasteiger partial charge in [-0.15, -0.1) is 0 Å². The first-order valence-electron chi connectivity index (χ1n) is 9.46. The number of amides is 1. The third-order valence-corrected chi connectivity index (χ3v) is 4.42. The average Bonchev–Trinajstić information content (AvgIpc) is 2.76. The fourth-order valence-corrected chi connectivity index (χ4v) is 3.00. The molecule has 0 bridgehead atoms. The van der Waals surface area contributed by atoms with Crippen molar-refractivity contribution in [3.8, 4) is 5.75 Å². The molecule has 1 amide bonds. The van der Waals surface area contributed by atoms with E-state index in [1.165, 1.54) is 0 Å². The number of pyridine rings is 1. The summed E-state index contributed by atoms with van der Waals surface area (Å²) in [5.41, 5.74) is 3.54. The van der Waals surface area contributed by atoms with Crippen LogP contribution in [0.1, 0.15) is 6.42 Å². The summed E-state index contributed by atoms with van der Waals surface area (Å²) in [4.78, 5) is 16.6. The fraction of sp³-hybridized carbons (Fsp3) is 0.0833. The SMILES string of the molecule is O=C(CCOc1ccccc1)Nc1ccc(Nc2cccc3cccnc23)cc1. The Hall–Kier alpha value is -3.86. The van der Waals surface area contributed by atoms with E-state index < -0.39 is 0 Å². The second kappa shape index (κ2) is 8.89. The smallest absolute Gasteiger partial charge is 0.227 e. The summed E-state index contributed by atoms with van der Waals surface area (Å²) in [6.45, 7) is 0.337. The van der Waals surface area contributed by atoms with E-state index in [2.05, 4.69) is 15.6 Å². The molecule has 1 aromatic heterocycles. The van der Waals surface area contributed by atoms with E-state index in [0.717, 1.165) is 33.7 Å². The van der Waals surface area contributed by atoms with Crippen LogP contribution in [0.4, 0.5) is 17.1 Å². The molecule has 0 saturated carbocycles. The number of benzene rings is 3. The van der Waals surface area contributed by atoms with Gasteiger partial charge < -0.3 is 15.4 Å². The van der Waals surface area contributed by atoms with Crippen molar-refractivity contribution in [3.05, 3.63) is 91.1 Å². The summed E-state index contributed by atoms with van der Waals surface area (Å²) in [5.74, 6) is 0.679. The topological polar surface area (TPSA) is 63.2 Å². The van der Waals surface area contributed by atoms with Crippen LogP contribution in [0.25, 0.3) is 10.9 Å². The van der Waals surface area contributed by atoms with Crippen molar-refractivity contribution in [1.82, 2.24) is 4.98 Å². The Morgan fingerprint density at radius 3 is 2.41 bits per heavy atom. The molecule has 144 valence electrons. The predicted molar refractivity (Wildman–Crippen MR) is 117 cm³/mol. The summed E-state index contributed by atoms with van der Waals surface area (Å²) in [5, 5.41) is 7.36. The van der Waals surface area contributed by atoms with Crippen molar-refractivity contribution in [3.63, 3.8) is 0 Å². The summed E-state index contributed by atoms with van der Waals surface area (Å²) in [7, 11) is 0. The first-order chi connectivity index (χ1) is 14.3. The lowest BCUT2D eigenvalue weighted by Crippen LogP contribution is -2.15. The van der Waals surface area contributed by atoms with Gasteiger partial charge in [-0.2, -0.15) is 0 Å². The molecule has 0 aliphatic heterocycles. The first kappa shape index (κ1) is 18.5. The number of fused-ring (bicyclic) bond motifs is 1. The molecule has 5 heteroatoms. The summed E-state index contributed by atoms with van der Waals surface area (Å²) >= 11 is 0. The Morgan fingerprint density at radius 2 is 1.59 bits per heavy atom. The number of hydrogen-bond acceptors (Lipinski definition) is 4. The molecule has 0 spiro atoms. The Kier molecular flexibility index (Phi) is 5.67. The van der Waals surface area contributed by atoms with Gasteiger partial charge in [-0.3, -0.25) is 9.78 Å². The van der Waals surface area contributed by atoms with Crippen LogP contribution < -0.4 is 15.4 Å². The highest BCUT2D eigenvalue weighted by molar-refractivity contribution is 5.93. The van der Waals surface area contributed by atoms with Gasteiger partial charge in [0.05, 0.1) is 24.2 Å². The maximum Gasteiger partial charge on any atom is 0.227 e. The number of hydrogen-bond donors (Lipinski definition) is 2. The van der Waals surface area contributed by atoms with E-state index in [-0.39, 0.29) is 12.3 Å². The maximum absolute atomic E-state index is 12.1. The van der Waals surface area contributed by atoms with E-state index in [9.17, 15) is 4.79 Å². The number of nitrogens with zero attached hydrogens (tertiary/aromatic N) is 1. The molecule has 0 aliphatic rings. The van der Waals surface area contributed by atoms with Crippen LogP contribution in [0.2, 0.25) is 0 Å². The lowest BCUT2D eigenvalue weighted by Gasteiger charge is -2.11. The first-order valence-corrected chi connectivity index (χ1v) is 9.46. The van der Waals surface area contributed by atoms with Crippen molar-refractivity contribution in [1.29, 1.82) is 0 Å². The van der Waals surface area contributed by atoms with Gasteiger partial charge in [0.15, 0.2) is 0 Å². The van der Waals surface area contributed by atoms with E-state index in [1.54, 1.807) is 6.20 Å². The number of anilines is 3. The van der Waals surface area contributed by atoms with Crippen LogP contribution in [-0.2, 0) is 4.79 Å². The number of nitrogens with one attached hydrogen (secondary N) is 2. The number of carbonyl (C=O) groups excluding carboxylic acids is 1. The largest absolute Gasteiger partial charge is 0.493 e. The van der Waals surface area contributed by atoms with E-state index in [1.807, 2.05) is 84.9 Å². The molecule has 0 atom stereocenters. The Morgan fingerprint density at radius 1 is 0.828 bits per heavy atom. The maximum atomic E-state index is 12.1. The fourth-order valence-electron chi connectivity index (χ4n) is 3.00. The van der Waals surface area contributed by atoms with Gasteiger partial charge in [-0.05, 0) is 48.5 Å². The predicted octanol–water partition coefficient (Wildman–Crippen LogP) is 5.39. The van der Waals surface area contributed by atoms with Crippen LogP contribution in [0.3, 0.4) is 0 Å². The number of aromatic nitrogens is 1. The second-order valence-electron chi connectivity index (χ2n) is 6.54. The van der Waals surface area contributed by atoms with Crippen molar-refractivity contribution in [2.75, 3.05) is 17.2 Å². The van der Waals surface area contributed by atoms with Crippen LogP contribution >= 0.6 is 0 Å². The lowest BCUT2D eigenvalue weighted by atomic mass is 10.2. The summed E-state index contributed by atoms with van der Waals surface area (Å²) in [6.07, 6.45) is 2.07. The minimum absolute atomic E-state index is 0.0834. The van der Waals surface area contributed by atoms with Gasteiger partial charge in [0.2, 0.25) is 5.91 Å². The normalized spacial score (nSPS) is 10.5. The highest BCUT2D eigenvalue weighted by Gasteiger charge is 2.05. The highest BCUT2D eigenvalue weighted by Crippen LogP contribution is 2.25. The molecule has 0 fully saturated rings. The number of para-hydroxylation sites is 2. The van der Waals surface area contributed by atoms with Crippen molar-refractivity contribution in [2.24, 2.45) is 0 Å². The molecule has 5 nitrogen and oxygen atoms in total. The number of ether oxygens (including phenoxy) is 1. The van der Waals surface area contributed by atoms with Gasteiger partial charge in [0, 0.05) is 23.0 Å². The quantitative estimate of drug-likeness (QED) is 0.449. The van der Waals surface area contributed by atoms with Gasteiger partial charge in [0.25, 0.3) is 0 Å². The van der Waals surface area contributed by atoms with Gasteiger partial charge >= 0.3 is 0 Å². The molecule has 0 unspecified atom stereocenters. The highest BCUT2D eigenvalue weighted by atomic mass is 16.5. The monoisotopic (exact) mass is 383 g/mol.